The Morgan fingerprint density at radius 2 is 1.21 bits per heavy atom. The first-order valence-electron chi connectivity index (χ1n) is 12.9. The second-order valence-electron chi connectivity index (χ2n) is 9.57. The predicted octanol–water partition coefficient (Wildman–Crippen LogP) is 6.21. The molecular formula is C33H29NO5. The number of fused-ring (bicyclic) bond motifs is 3. The molecular weight excluding hydrogens is 490 g/mol. The minimum Gasteiger partial charge on any atom is -0.451 e. The number of nitrogens with one attached hydrogen (secondary N) is 1. The van der Waals surface area contributed by atoms with Gasteiger partial charge in [0, 0.05) is 12.3 Å². The summed E-state index contributed by atoms with van der Waals surface area (Å²) in [6.45, 7) is 1.46. The van der Waals surface area contributed by atoms with Gasteiger partial charge in [0.15, 0.2) is 6.10 Å². The molecule has 1 atom stereocenters. The van der Waals surface area contributed by atoms with E-state index in [9.17, 15) is 14.4 Å². The van der Waals surface area contributed by atoms with Crippen LogP contribution in [0.15, 0.2) is 109 Å². The average molecular weight is 520 g/mol. The number of benzene rings is 4. The molecule has 1 amide bonds. The van der Waals surface area contributed by atoms with Crippen molar-refractivity contribution < 1.29 is 23.9 Å². The van der Waals surface area contributed by atoms with Gasteiger partial charge in [0.2, 0.25) is 0 Å². The number of amides is 1. The number of carbonyl (C=O) groups excluding carboxylic acids is 3. The second kappa shape index (κ2) is 11.8. The van der Waals surface area contributed by atoms with E-state index in [-0.39, 0.29) is 24.7 Å². The summed E-state index contributed by atoms with van der Waals surface area (Å²) in [5.41, 5.74) is 5.96. The van der Waals surface area contributed by atoms with Crippen molar-refractivity contribution in [3.8, 4) is 11.1 Å². The summed E-state index contributed by atoms with van der Waals surface area (Å²) in [6, 6.07) is 33.6. The predicted molar refractivity (Wildman–Crippen MR) is 148 cm³/mol. The zero-order valence-corrected chi connectivity index (χ0v) is 21.6. The molecule has 0 spiro atoms. The van der Waals surface area contributed by atoms with Crippen LogP contribution in [0.25, 0.3) is 11.1 Å². The van der Waals surface area contributed by atoms with Gasteiger partial charge < -0.3 is 14.8 Å². The van der Waals surface area contributed by atoms with Gasteiger partial charge in [-0.3, -0.25) is 4.79 Å². The number of hydrogen-bond donors (Lipinski definition) is 1. The maximum absolute atomic E-state index is 13.3. The molecule has 196 valence electrons. The quantitative estimate of drug-likeness (QED) is 0.266. The van der Waals surface area contributed by atoms with Crippen molar-refractivity contribution in [3.05, 3.63) is 131 Å². The summed E-state index contributed by atoms with van der Waals surface area (Å²) in [6.07, 6.45) is -1.69. The molecule has 4 aromatic carbocycles. The van der Waals surface area contributed by atoms with Crippen LogP contribution in [0.3, 0.4) is 0 Å². The van der Waals surface area contributed by atoms with Gasteiger partial charge in [-0.1, -0.05) is 109 Å². The van der Waals surface area contributed by atoms with E-state index in [0.29, 0.717) is 0 Å². The number of carbonyl (C=O) groups is 3. The third kappa shape index (κ3) is 5.91. The third-order valence-electron chi connectivity index (χ3n) is 6.85. The first-order chi connectivity index (χ1) is 19.0. The van der Waals surface area contributed by atoms with E-state index in [2.05, 4.69) is 17.4 Å². The molecule has 0 saturated heterocycles. The lowest BCUT2D eigenvalue weighted by Crippen LogP contribution is -2.44. The fraction of sp³-hybridized carbons (Fsp3) is 0.182. The Kier molecular flexibility index (Phi) is 7.83. The minimum atomic E-state index is -1.19. The molecule has 0 saturated carbocycles. The molecule has 0 bridgehead atoms. The van der Waals surface area contributed by atoms with Gasteiger partial charge in [0.1, 0.15) is 18.4 Å². The van der Waals surface area contributed by atoms with E-state index in [1.807, 2.05) is 97.1 Å². The van der Waals surface area contributed by atoms with Crippen molar-refractivity contribution in [2.75, 3.05) is 6.61 Å². The summed E-state index contributed by atoms with van der Waals surface area (Å²) >= 11 is 0. The van der Waals surface area contributed by atoms with Crippen LogP contribution in [-0.2, 0) is 19.1 Å². The van der Waals surface area contributed by atoms with E-state index in [1.54, 1.807) is 0 Å². The third-order valence-corrected chi connectivity index (χ3v) is 6.85. The Bertz CT molecular complexity index is 1380. The summed E-state index contributed by atoms with van der Waals surface area (Å²) in [5, 5.41) is 2.57. The zero-order valence-electron chi connectivity index (χ0n) is 21.6. The van der Waals surface area contributed by atoms with Crippen molar-refractivity contribution in [3.63, 3.8) is 0 Å². The SMILES string of the molecule is CC(=O)CC(NC(=O)OCC1c2ccccc2-c2ccccc21)C(=O)OC(c1ccccc1)c1ccccc1. The van der Waals surface area contributed by atoms with E-state index in [4.69, 9.17) is 9.47 Å². The molecule has 1 aliphatic rings. The minimum absolute atomic E-state index is 0.0956. The maximum atomic E-state index is 13.3. The normalized spacial score (nSPS) is 12.8. The Morgan fingerprint density at radius 3 is 1.72 bits per heavy atom. The van der Waals surface area contributed by atoms with Crippen LogP contribution in [0.1, 0.15) is 47.6 Å². The summed E-state index contributed by atoms with van der Waals surface area (Å²) in [7, 11) is 0. The molecule has 6 nitrogen and oxygen atoms in total. The maximum Gasteiger partial charge on any atom is 0.407 e. The Morgan fingerprint density at radius 1 is 0.718 bits per heavy atom. The number of rotatable bonds is 9. The molecule has 0 radical (unpaired) electrons. The number of ketones is 1. The first kappa shape index (κ1) is 25.9. The standard InChI is InChI=1S/C33H29NO5/c1-22(35)20-30(32(36)39-31(23-12-4-2-5-13-23)24-14-6-3-7-15-24)34-33(37)38-21-29-27-18-10-8-16-25(27)26-17-9-11-19-28(26)29/h2-19,29-31H,20-21H2,1H3,(H,34,37). The summed E-state index contributed by atoms with van der Waals surface area (Å²) in [5.74, 6) is -1.09. The van der Waals surface area contributed by atoms with Gasteiger partial charge in [-0.05, 0) is 40.3 Å². The van der Waals surface area contributed by atoms with Crippen molar-refractivity contribution in [1.82, 2.24) is 5.32 Å². The molecule has 6 heteroatoms. The van der Waals surface area contributed by atoms with Crippen molar-refractivity contribution in [2.24, 2.45) is 0 Å². The van der Waals surface area contributed by atoms with Crippen LogP contribution in [0.4, 0.5) is 4.79 Å². The van der Waals surface area contributed by atoms with Crippen molar-refractivity contribution in [2.45, 2.75) is 31.4 Å². The van der Waals surface area contributed by atoms with Crippen molar-refractivity contribution >= 4 is 17.8 Å². The van der Waals surface area contributed by atoms with Crippen molar-refractivity contribution in [1.29, 1.82) is 0 Å². The van der Waals surface area contributed by atoms with Gasteiger partial charge in [-0.25, -0.2) is 9.59 Å². The molecule has 5 rings (SSSR count). The fourth-order valence-electron chi connectivity index (χ4n) is 5.05. The smallest absolute Gasteiger partial charge is 0.407 e. The molecule has 4 aromatic rings. The van der Waals surface area contributed by atoms with Gasteiger partial charge >= 0.3 is 12.1 Å². The lowest BCUT2D eigenvalue weighted by atomic mass is 9.98. The van der Waals surface area contributed by atoms with E-state index < -0.39 is 24.2 Å². The largest absolute Gasteiger partial charge is 0.451 e. The lowest BCUT2D eigenvalue weighted by molar-refractivity contribution is -0.151. The number of hydrogen-bond acceptors (Lipinski definition) is 5. The summed E-state index contributed by atoms with van der Waals surface area (Å²) in [4.78, 5) is 38.2. The molecule has 0 heterocycles. The van der Waals surface area contributed by atoms with E-state index >= 15 is 0 Å². The first-order valence-corrected chi connectivity index (χ1v) is 12.9. The van der Waals surface area contributed by atoms with E-state index in [0.717, 1.165) is 33.4 Å². The van der Waals surface area contributed by atoms with Crippen LogP contribution in [0, 0.1) is 0 Å². The van der Waals surface area contributed by atoms with E-state index in [1.165, 1.54) is 6.92 Å². The van der Waals surface area contributed by atoms with Gasteiger partial charge in [0.05, 0.1) is 0 Å². The Hall–Kier alpha value is -4.71. The highest BCUT2D eigenvalue weighted by Gasteiger charge is 2.31. The zero-order chi connectivity index (χ0) is 27.2. The highest BCUT2D eigenvalue weighted by molar-refractivity contribution is 5.88. The molecule has 1 aliphatic carbocycles. The Labute approximate surface area is 227 Å². The average Bonchev–Trinajstić information content (AvgIpc) is 3.28. The summed E-state index contributed by atoms with van der Waals surface area (Å²) < 4.78 is 11.5. The monoisotopic (exact) mass is 519 g/mol. The second-order valence-corrected chi connectivity index (χ2v) is 9.57. The van der Waals surface area contributed by atoms with Crippen LogP contribution in [-0.4, -0.2) is 30.5 Å². The number of ether oxygens (including phenoxy) is 2. The highest BCUT2D eigenvalue weighted by atomic mass is 16.6. The van der Waals surface area contributed by atoms with Crippen LogP contribution in [0.2, 0.25) is 0 Å². The van der Waals surface area contributed by atoms with Gasteiger partial charge in [-0.15, -0.1) is 0 Å². The number of alkyl carbamates (subject to hydrolysis) is 1. The number of Topliss-reactive ketones (excluding diaryl/α,β-unsaturated/α-hetero) is 1. The van der Waals surface area contributed by atoms with Gasteiger partial charge in [-0.2, -0.15) is 0 Å². The van der Waals surface area contributed by atoms with Crippen LogP contribution < -0.4 is 5.32 Å². The molecule has 39 heavy (non-hydrogen) atoms. The topological polar surface area (TPSA) is 81.7 Å². The highest BCUT2D eigenvalue weighted by Crippen LogP contribution is 2.44. The molecule has 1 N–H and O–H groups in total. The Balaban J connectivity index is 1.29. The molecule has 0 aromatic heterocycles. The van der Waals surface area contributed by atoms with Crippen LogP contribution in [0.5, 0.6) is 0 Å². The molecule has 1 unspecified atom stereocenters. The molecule has 0 aliphatic heterocycles. The lowest BCUT2D eigenvalue weighted by Gasteiger charge is -2.23. The fourth-order valence-corrected chi connectivity index (χ4v) is 5.05. The van der Waals surface area contributed by atoms with Crippen LogP contribution >= 0.6 is 0 Å². The number of esters is 1. The van der Waals surface area contributed by atoms with Gasteiger partial charge in [0.25, 0.3) is 0 Å². The molecule has 0 fully saturated rings.